The summed E-state index contributed by atoms with van der Waals surface area (Å²) in [7, 11) is 0. The molecule has 1 aliphatic carbocycles. The zero-order valence-electron chi connectivity index (χ0n) is 9.05. The van der Waals surface area contributed by atoms with Crippen LogP contribution in [0.15, 0.2) is 0 Å². The molecule has 0 saturated heterocycles. The van der Waals surface area contributed by atoms with Crippen LogP contribution in [0.4, 0.5) is 0 Å². The molecule has 1 rings (SSSR count). The molecule has 0 heterocycles. The maximum Gasteiger partial charge on any atom is 0.0577 e. The minimum Gasteiger partial charge on any atom is -0.393 e. The molecule has 0 aromatic heterocycles. The van der Waals surface area contributed by atoms with E-state index in [4.69, 9.17) is 4.74 Å². The lowest BCUT2D eigenvalue weighted by Crippen LogP contribution is -2.27. The van der Waals surface area contributed by atoms with Gasteiger partial charge in [0.05, 0.1) is 18.8 Å². The third-order valence-electron chi connectivity index (χ3n) is 2.40. The molecule has 0 aliphatic heterocycles. The summed E-state index contributed by atoms with van der Waals surface area (Å²) >= 11 is 0. The van der Waals surface area contributed by atoms with Gasteiger partial charge in [0.2, 0.25) is 0 Å². The zero-order valence-corrected chi connectivity index (χ0v) is 9.05. The standard InChI is InChI=1S/C11H22O2/c1-11(2,3)8-13-10-6-4-9(12)5-7-10/h9-10,12H,4-8H2,1-3H3. The van der Waals surface area contributed by atoms with Crippen molar-refractivity contribution >= 4 is 0 Å². The van der Waals surface area contributed by atoms with Gasteiger partial charge in [0.15, 0.2) is 0 Å². The van der Waals surface area contributed by atoms with Crippen molar-refractivity contribution in [1.82, 2.24) is 0 Å². The van der Waals surface area contributed by atoms with Crippen LogP contribution in [0.5, 0.6) is 0 Å². The molecule has 0 spiro atoms. The normalized spacial score (nSPS) is 30.5. The molecule has 0 unspecified atom stereocenters. The summed E-state index contributed by atoms with van der Waals surface area (Å²) < 4.78 is 5.78. The molecular weight excluding hydrogens is 164 g/mol. The van der Waals surface area contributed by atoms with Crippen LogP contribution in [0.25, 0.3) is 0 Å². The summed E-state index contributed by atoms with van der Waals surface area (Å²) in [4.78, 5) is 0. The topological polar surface area (TPSA) is 29.5 Å². The van der Waals surface area contributed by atoms with Gasteiger partial charge >= 0.3 is 0 Å². The smallest absolute Gasteiger partial charge is 0.0577 e. The van der Waals surface area contributed by atoms with Gasteiger partial charge in [-0.2, -0.15) is 0 Å². The van der Waals surface area contributed by atoms with Crippen LogP contribution < -0.4 is 0 Å². The van der Waals surface area contributed by atoms with E-state index in [-0.39, 0.29) is 11.5 Å². The highest BCUT2D eigenvalue weighted by molar-refractivity contribution is 4.72. The highest BCUT2D eigenvalue weighted by atomic mass is 16.5. The molecule has 0 atom stereocenters. The number of hydrogen-bond donors (Lipinski definition) is 1. The first-order valence-corrected chi connectivity index (χ1v) is 5.27. The summed E-state index contributed by atoms with van der Waals surface area (Å²) in [6.07, 6.45) is 4.19. The van der Waals surface area contributed by atoms with Crippen LogP contribution >= 0.6 is 0 Å². The van der Waals surface area contributed by atoms with Gasteiger partial charge in [-0.25, -0.2) is 0 Å². The predicted octanol–water partition coefficient (Wildman–Crippen LogP) is 2.35. The summed E-state index contributed by atoms with van der Waals surface area (Å²) in [5.41, 5.74) is 0.260. The van der Waals surface area contributed by atoms with E-state index >= 15 is 0 Å². The van der Waals surface area contributed by atoms with Crippen LogP contribution in [-0.2, 0) is 4.74 Å². The first kappa shape index (κ1) is 11.0. The first-order chi connectivity index (χ1) is 5.97. The van der Waals surface area contributed by atoms with Gasteiger partial charge in [0.25, 0.3) is 0 Å². The maximum absolute atomic E-state index is 9.30. The lowest BCUT2D eigenvalue weighted by atomic mass is 9.94. The van der Waals surface area contributed by atoms with Gasteiger partial charge in [-0.15, -0.1) is 0 Å². The van der Waals surface area contributed by atoms with Gasteiger partial charge in [-0.3, -0.25) is 0 Å². The van der Waals surface area contributed by atoms with Gasteiger partial charge in [0, 0.05) is 0 Å². The molecule has 1 aliphatic rings. The van der Waals surface area contributed by atoms with E-state index < -0.39 is 0 Å². The largest absolute Gasteiger partial charge is 0.393 e. The van der Waals surface area contributed by atoms with Crippen LogP contribution in [0.3, 0.4) is 0 Å². The molecule has 0 aromatic rings. The Morgan fingerprint density at radius 2 is 1.69 bits per heavy atom. The predicted molar refractivity (Wildman–Crippen MR) is 53.7 cm³/mol. The fourth-order valence-electron chi connectivity index (χ4n) is 1.58. The van der Waals surface area contributed by atoms with Crippen molar-refractivity contribution in [1.29, 1.82) is 0 Å². The number of rotatable bonds is 2. The summed E-state index contributed by atoms with van der Waals surface area (Å²) in [5, 5.41) is 9.30. The Morgan fingerprint density at radius 1 is 1.15 bits per heavy atom. The summed E-state index contributed by atoms with van der Waals surface area (Å²) in [6.45, 7) is 7.38. The minimum absolute atomic E-state index is 0.0745. The highest BCUT2D eigenvalue weighted by Crippen LogP contribution is 2.23. The zero-order chi connectivity index (χ0) is 9.90. The molecule has 0 aromatic carbocycles. The van der Waals surface area contributed by atoms with Crippen molar-refractivity contribution in [3.05, 3.63) is 0 Å². The first-order valence-electron chi connectivity index (χ1n) is 5.27. The van der Waals surface area contributed by atoms with E-state index in [0.717, 1.165) is 32.3 Å². The third-order valence-corrected chi connectivity index (χ3v) is 2.40. The van der Waals surface area contributed by atoms with Crippen LogP contribution in [-0.4, -0.2) is 23.9 Å². The van der Waals surface area contributed by atoms with Crippen molar-refractivity contribution < 1.29 is 9.84 Å². The monoisotopic (exact) mass is 186 g/mol. The van der Waals surface area contributed by atoms with Gasteiger partial charge in [-0.1, -0.05) is 20.8 Å². The van der Waals surface area contributed by atoms with Crippen molar-refractivity contribution in [3.63, 3.8) is 0 Å². The van der Waals surface area contributed by atoms with Crippen molar-refractivity contribution in [2.45, 2.75) is 58.7 Å². The molecule has 1 N–H and O–H groups in total. The molecule has 78 valence electrons. The van der Waals surface area contributed by atoms with Gasteiger partial charge in [-0.05, 0) is 31.1 Å². The number of aliphatic hydroxyl groups excluding tert-OH is 1. The molecule has 0 radical (unpaired) electrons. The maximum atomic E-state index is 9.30. The molecular formula is C11H22O2. The van der Waals surface area contributed by atoms with Crippen molar-refractivity contribution in [3.8, 4) is 0 Å². The minimum atomic E-state index is -0.0745. The Bertz CT molecular complexity index is 141. The van der Waals surface area contributed by atoms with E-state index in [1.54, 1.807) is 0 Å². The van der Waals surface area contributed by atoms with Gasteiger partial charge < -0.3 is 9.84 Å². The van der Waals surface area contributed by atoms with E-state index in [2.05, 4.69) is 20.8 Å². The van der Waals surface area contributed by atoms with E-state index in [9.17, 15) is 5.11 Å². The molecule has 2 heteroatoms. The molecule has 13 heavy (non-hydrogen) atoms. The molecule has 1 saturated carbocycles. The highest BCUT2D eigenvalue weighted by Gasteiger charge is 2.21. The number of hydrogen-bond acceptors (Lipinski definition) is 2. The summed E-state index contributed by atoms with van der Waals surface area (Å²) in [5.74, 6) is 0. The average Bonchev–Trinajstić information content (AvgIpc) is 2.02. The average molecular weight is 186 g/mol. The Labute approximate surface area is 81.3 Å². The second-order valence-corrected chi connectivity index (χ2v) is 5.30. The van der Waals surface area contributed by atoms with E-state index in [1.165, 1.54) is 0 Å². The Kier molecular flexibility index (Phi) is 3.74. The SMILES string of the molecule is CC(C)(C)COC1CCC(O)CC1. The van der Waals surface area contributed by atoms with Crippen LogP contribution in [0.2, 0.25) is 0 Å². The Balaban J connectivity index is 2.16. The molecule has 0 amide bonds. The van der Waals surface area contributed by atoms with E-state index in [0.29, 0.717) is 6.10 Å². The second-order valence-electron chi connectivity index (χ2n) is 5.30. The lowest BCUT2D eigenvalue weighted by molar-refractivity contribution is -0.0303. The Morgan fingerprint density at radius 3 is 2.15 bits per heavy atom. The lowest BCUT2D eigenvalue weighted by Gasteiger charge is -2.28. The molecule has 0 bridgehead atoms. The van der Waals surface area contributed by atoms with Crippen molar-refractivity contribution in [2.24, 2.45) is 5.41 Å². The number of ether oxygens (including phenoxy) is 1. The second kappa shape index (κ2) is 4.43. The summed E-state index contributed by atoms with van der Waals surface area (Å²) in [6, 6.07) is 0. The van der Waals surface area contributed by atoms with Crippen LogP contribution in [0, 0.1) is 5.41 Å². The fraction of sp³-hybridized carbons (Fsp3) is 1.00. The van der Waals surface area contributed by atoms with Crippen LogP contribution in [0.1, 0.15) is 46.5 Å². The quantitative estimate of drug-likeness (QED) is 0.717. The van der Waals surface area contributed by atoms with Gasteiger partial charge in [0.1, 0.15) is 0 Å². The third kappa shape index (κ3) is 4.63. The molecule has 2 nitrogen and oxygen atoms in total. The molecule has 1 fully saturated rings. The fourth-order valence-corrected chi connectivity index (χ4v) is 1.58. The van der Waals surface area contributed by atoms with E-state index in [1.807, 2.05) is 0 Å². The number of aliphatic hydroxyl groups is 1. The van der Waals surface area contributed by atoms with Crippen molar-refractivity contribution in [2.75, 3.05) is 6.61 Å². The Hall–Kier alpha value is -0.0800.